The fourth-order valence-electron chi connectivity index (χ4n) is 0.823. The zero-order valence-electron chi connectivity index (χ0n) is 6.39. The molecular weight excluding hydrogens is 228 g/mol. The summed E-state index contributed by atoms with van der Waals surface area (Å²) in [6.45, 7) is 0. The highest BCUT2D eigenvalue weighted by Gasteiger charge is 2.06. The number of hydrogen-bond acceptors (Lipinski definition) is 1. The molecule has 0 saturated carbocycles. The van der Waals surface area contributed by atoms with Crippen LogP contribution in [-0.4, -0.2) is 0 Å². The van der Waals surface area contributed by atoms with Gasteiger partial charge in [0, 0.05) is 11.6 Å². The van der Waals surface area contributed by atoms with Crippen LogP contribution in [0.2, 0.25) is 10.0 Å². The quantitative estimate of drug-likeness (QED) is 0.669. The lowest BCUT2D eigenvalue weighted by atomic mass is 10.2. The molecule has 0 aromatic heterocycles. The third-order valence-electron chi connectivity index (χ3n) is 1.40. The van der Waals surface area contributed by atoms with Gasteiger partial charge in [-0.05, 0) is 6.07 Å². The van der Waals surface area contributed by atoms with Crippen molar-refractivity contribution in [3.05, 3.63) is 39.9 Å². The Kier molecular flexibility index (Phi) is 3.62. The molecule has 1 aromatic carbocycles. The van der Waals surface area contributed by atoms with Gasteiger partial charge in [-0.3, -0.25) is 0 Å². The van der Waals surface area contributed by atoms with Crippen molar-refractivity contribution in [3.8, 4) is 6.07 Å². The van der Waals surface area contributed by atoms with E-state index in [2.05, 4.69) is 0 Å². The Balaban J connectivity index is 3.25. The first-order valence-electron chi connectivity index (χ1n) is 3.36. The average molecular weight is 232 g/mol. The lowest BCUT2D eigenvalue weighted by Gasteiger charge is -2.02. The number of benzene rings is 1. The second-order valence-electron chi connectivity index (χ2n) is 2.22. The molecule has 0 fully saturated rings. The molecule has 13 heavy (non-hydrogen) atoms. The van der Waals surface area contributed by atoms with Crippen molar-refractivity contribution in [1.29, 1.82) is 5.26 Å². The van der Waals surface area contributed by atoms with Crippen LogP contribution >= 0.6 is 34.8 Å². The van der Waals surface area contributed by atoms with Crippen LogP contribution in [0.4, 0.5) is 0 Å². The van der Waals surface area contributed by atoms with E-state index in [-0.39, 0.29) is 5.03 Å². The van der Waals surface area contributed by atoms with Crippen molar-refractivity contribution >= 4 is 39.8 Å². The van der Waals surface area contributed by atoms with Crippen LogP contribution < -0.4 is 0 Å². The van der Waals surface area contributed by atoms with Gasteiger partial charge in [-0.15, -0.1) is 0 Å². The maximum absolute atomic E-state index is 8.37. The largest absolute Gasteiger partial charge is 0.193 e. The van der Waals surface area contributed by atoms with E-state index in [0.717, 1.165) is 0 Å². The lowest BCUT2D eigenvalue weighted by molar-refractivity contribution is 1.53. The number of nitriles is 1. The van der Waals surface area contributed by atoms with Gasteiger partial charge in [0.2, 0.25) is 0 Å². The Labute approximate surface area is 91.1 Å². The molecule has 0 radical (unpaired) electrons. The molecule has 0 atom stereocenters. The fraction of sp³-hybridized carbons (Fsp3) is 0. The molecule has 0 aliphatic heterocycles. The van der Waals surface area contributed by atoms with Gasteiger partial charge in [-0.2, -0.15) is 5.26 Å². The molecule has 0 bridgehead atoms. The highest BCUT2D eigenvalue weighted by Crippen LogP contribution is 2.31. The van der Waals surface area contributed by atoms with E-state index >= 15 is 0 Å². The van der Waals surface area contributed by atoms with E-state index < -0.39 is 0 Å². The maximum Gasteiger partial charge on any atom is 0.0927 e. The average Bonchev–Trinajstić information content (AvgIpc) is 2.10. The number of rotatable bonds is 1. The Hall–Kier alpha value is -0.680. The van der Waals surface area contributed by atoms with Crippen molar-refractivity contribution in [2.45, 2.75) is 0 Å². The van der Waals surface area contributed by atoms with Crippen LogP contribution in [0.15, 0.2) is 24.3 Å². The first-order chi connectivity index (χ1) is 6.16. The summed E-state index contributed by atoms with van der Waals surface area (Å²) in [4.78, 5) is 0. The molecule has 1 rings (SSSR count). The molecule has 1 aromatic rings. The normalized spacial score (nSPS) is 11.1. The zero-order chi connectivity index (χ0) is 9.84. The van der Waals surface area contributed by atoms with Crippen molar-refractivity contribution in [2.75, 3.05) is 0 Å². The topological polar surface area (TPSA) is 23.8 Å². The smallest absolute Gasteiger partial charge is 0.0927 e. The summed E-state index contributed by atoms with van der Waals surface area (Å²) in [6, 6.07) is 6.89. The molecular formula is C9H4Cl3N. The van der Waals surface area contributed by atoms with Crippen LogP contribution in [0, 0.1) is 11.3 Å². The SMILES string of the molecule is N#C/C=C(/Cl)c1cccc(Cl)c1Cl. The molecule has 0 aliphatic rings. The zero-order valence-corrected chi connectivity index (χ0v) is 8.66. The Morgan fingerprint density at radius 1 is 1.38 bits per heavy atom. The van der Waals surface area contributed by atoms with Crippen LogP contribution in [0.25, 0.3) is 5.03 Å². The molecule has 0 heterocycles. The van der Waals surface area contributed by atoms with E-state index in [9.17, 15) is 0 Å². The Morgan fingerprint density at radius 2 is 2.08 bits per heavy atom. The molecule has 0 spiro atoms. The highest BCUT2D eigenvalue weighted by atomic mass is 35.5. The third kappa shape index (κ3) is 2.38. The van der Waals surface area contributed by atoms with Crippen molar-refractivity contribution in [2.24, 2.45) is 0 Å². The lowest BCUT2D eigenvalue weighted by Crippen LogP contribution is -1.79. The monoisotopic (exact) mass is 231 g/mol. The number of allylic oxidation sites excluding steroid dienone is 1. The molecule has 66 valence electrons. The van der Waals surface area contributed by atoms with Crippen LogP contribution in [0.1, 0.15) is 5.56 Å². The van der Waals surface area contributed by atoms with Gasteiger partial charge in [0.1, 0.15) is 0 Å². The minimum absolute atomic E-state index is 0.287. The second-order valence-corrected chi connectivity index (χ2v) is 3.42. The second kappa shape index (κ2) is 4.53. The molecule has 1 nitrogen and oxygen atoms in total. The Morgan fingerprint density at radius 3 is 2.69 bits per heavy atom. The fourth-order valence-corrected chi connectivity index (χ4v) is 1.48. The van der Waals surface area contributed by atoms with Gasteiger partial charge in [0.15, 0.2) is 0 Å². The first kappa shape index (κ1) is 10.4. The third-order valence-corrected chi connectivity index (χ3v) is 2.53. The molecule has 0 unspecified atom stereocenters. The molecule has 0 saturated heterocycles. The van der Waals surface area contributed by atoms with E-state index in [1.54, 1.807) is 18.2 Å². The van der Waals surface area contributed by atoms with E-state index in [1.165, 1.54) is 6.08 Å². The summed E-state index contributed by atoms with van der Waals surface area (Å²) in [5.74, 6) is 0. The van der Waals surface area contributed by atoms with Crippen molar-refractivity contribution in [3.63, 3.8) is 0 Å². The summed E-state index contributed by atoms with van der Waals surface area (Å²) in [7, 11) is 0. The van der Waals surface area contributed by atoms with Crippen molar-refractivity contribution < 1.29 is 0 Å². The molecule has 0 N–H and O–H groups in total. The summed E-state index contributed by atoms with van der Waals surface area (Å²) in [6.07, 6.45) is 1.21. The Bertz CT molecular complexity index is 390. The van der Waals surface area contributed by atoms with Gasteiger partial charge in [-0.25, -0.2) is 0 Å². The van der Waals surface area contributed by atoms with Gasteiger partial charge >= 0.3 is 0 Å². The first-order valence-corrected chi connectivity index (χ1v) is 4.50. The van der Waals surface area contributed by atoms with E-state index in [1.807, 2.05) is 6.07 Å². The van der Waals surface area contributed by atoms with Crippen molar-refractivity contribution in [1.82, 2.24) is 0 Å². The maximum atomic E-state index is 8.37. The number of halogens is 3. The van der Waals surface area contributed by atoms with E-state index in [0.29, 0.717) is 15.6 Å². The standard InChI is InChI=1S/C9H4Cl3N/c10-7(4-5-13)6-2-1-3-8(11)9(6)12/h1-4H/b7-4+. The van der Waals surface area contributed by atoms with E-state index in [4.69, 9.17) is 40.1 Å². The molecule has 4 heteroatoms. The van der Waals surface area contributed by atoms with Gasteiger partial charge in [0.25, 0.3) is 0 Å². The summed E-state index contributed by atoms with van der Waals surface area (Å²) in [5, 5.41) is 9.44. The predicted octanol–water partition coefficient (Wildman–Crippen LogP) is 4.10. The van der Waals surface area contributed by atoms with Gasteiger partial charge in [0.05, 0.1) is 21.1 Å². The minimum Gasteiger partial charge on any atom is -0.193 e. The van der Waals surface area contributed by atoms with Gasteiger partial charge < -0.3 is 0 Å². The number of hydrogen-bond donors (Lipinski definition) is 0. The minimum atomic E-state index is 0.287. The molecule has 0 amide bonds. The summed E-state index contributed by atoms with van der Waals surface area (Å²) in [5.41, 5.74) is 0.567. The highest BCUT2D eigenvalue weighted by molar-refractivity contribution is 6.52. The van der Waals surface area contributed by atoms with Crippen LogP contribution in [-0.2, 0) is 0 Å². The summed E-state index contributed by atoms with van der Waals surface area (Å²) < 4.78 is 0. The summed E-state index contributed by atoms with van der Waals surface area (Å²) >= 11 is 17.4. The van der Waals surface area contributed by atoms with Crippen LogP contribution in [0.3, 0.4) is 0 Å². The molecule has 0 aliphatic carbocycles. The number of nitrogens with zero attached hydrogens (tertiary/aromatic N) is 1. The predicted molar refractivity (Wildman–Crippen MR) is 55.9 cm³/mol. The van der Waals surface area contributed by atoms with Crippen LogP contribution in [0.5, 0.6) is 0 Å². The van der Waals surface area contributed by atoms with Gasteiger partial charge in [-0.1, -0.05) is 46.9 Å².